The Hall–Kier alpha value is -1.80. The molecule has 0 aromatic carbocycles. The molecule has 1 aliphatic carbocycles. The molecular weight excluding hydrogens is 364 g/mol. The highest BCUT2D eigenvalue weighted by molar-refractivity contribution is 5.26. The average molecular weight is 401 g/mol. The zero-order valence-corrected chi connectivity index (χ0v) is 18.4. The number of aryl methyl sites for hydroxylation is 1. The zero-order chi connectivity index (χ0) is 20.8. The molecule has 3 rings (SSSR count). The molecule has 2 heterocycles. The van der Waals surface area contributed by atoms with E-state index < -0.39 is 0 Å². The second-order valence-corrected chi connectivity index (χ2v) is 8.25. The number of fused-ring (bicyclic) bond motifs is 1. The number of likely N-dealkylation sites (N-methyl/N-ethyl adjacent to an activating group) is 2. The van der Waals surface area contributed by atoms with E-state index in [1.165, 1.54) is 17.7 Å². The van der Waals surface area contributed by atoms with Crippen molar-refractivity contribution >= 4 is 0 Å². The van der Waals surface area contributed by atoms with Gasteiger partial charge in [-0.15, -0.1) is 0 Å². The summed E-state index contributed by atoms with van der Waals surface area (Å²) in [5, 5.41) is 10.0. The molecule has 7 heteroatoms. The Bertz CT molecular complexity index is 776. The lowest BCUT2D eigenvalue weighted by Gasteiger charge is -2.32. The minimum Gasteiger partial charge on any atom is -0.390 e. The number of aliphatic hydroxyl groups excluding tert-OH is 1. The molecule has 0 fully saturated rings. The van der Waals surface area contributed by atoms with Gasteiger partial charge < -0.3 is 14.6 Å². The summed E-state index contributed by atoms with van der Waals surface area (Å²) in [5.74, 6) is 0. The number of nitrogens with zero attached hydrogens (tertiary/aromatic N) is 6. The van der Waals surface area contributed by atoms with Crippen molar-refractivity contribution in [2.24, 2.45) is 0 Å². The smallest absolute Gasteiger partial charge is 0.0964 e. The second-order valence-electron chi connectivity index (χ2n) is 8.25. The third-order valence-corrected chi connectivity index (χ3v) is 6.08. The lowest BCUT2D eigenvalue weighted by molar-refractivity contribution is 0.198. The van der Waals surface area contributed by atoms with Crippen molar-refractivity contribution < 1.29 is 5.11 Å². The van der Waals surface area contributed by atoms with Crippen LogP contribution < -0.4 is 0 Å². The van der Waals surface area contributed by atoms with Crippen LogP contribution in [-0.4, -0.2) is 75.1 Å². The number of hydrogen-bond acceptors (Lipinski definition) is 6. The summed E-state index contributed by atoms with van der Waals surface area (Å²) >= 11 is 0. The Morgan fingerprint density at radius 3 is 2.72 bits per heavy atom. The van der Waals surface area contributed by atoms with Crippen LogP contribution in [0, 0.1) is 0 Å². The maximum atomic E-state index is 10.0. The first-order valence-corrected chi connectivity index (χ1v) is 10.7. The summed E-state index contributed by atoms with van der Waals surface area (Å²) in [6, 6.07) is 4.53. The Kier molecular flexibility index (Phi) is 7.77. The van der Waals surface area contributed by atoms with E-state index in [1.807, 2.05) is 18.6 Å². The van der Waals surface area contributed by atoms with E-state index in [0.717, 1.165) is 50.5 Å². The van der Waals surface area contributed by atoms with Gasteiger partial charge >= 0.3 is 0 Å². The molecule has 0 radical (unpaired) electrons. The predicted molar refractivity (Wildman–Crippen MR) is 115 cm³/mol. The van der Waals surface area contributed by atoms with Crippen molar-refractivity contribution in [1.82, 2.24) is 29.2 Å². The van der Waals surface area contributed by atoms with Crippen LogP contribution in [0.5, 0.6) is 0 Å². The summed E-state index contributed by atoms with van der Waals surface area (Å²) in [6.07, 6.45) is 7.17. The fourth-order valence-electron chi connectivity index (χ4n) is 4.08. The molecule has 1 N–H and O–H groups in total. The largest absolute Gasteiger partial charge is 0.390 e. The number of hydrogen-bond donors (Lipinski definition) is 1. The Morgan fingerprint density at radius 1 is 1.17 bits per heavy atom. The maximum Gasteiger partial charge on any atom is 0.0964 e. The molecular formula is C22H36N6O. The molecule has 1 atom stereocenters. The SMILES string of the molecule is CCN(C)CCN(C)Cn1cnc(CN(C)[C@H]2CCCc3cccnc32)c1CO. The topological polar surface area (TPSA) is 60.7 Å². The number of pyridine rings is 1. The highest BCUT2D eigenvalue weighted by Crippen LogP contribution is 2.32. The average Bonchev–Trinajstić information content (AvgIpc) is 3.12. The van der Waals surface area contributed by atoms with Crippen molar-refractivity contribution in [2.75, 3.05) is 40.8 Å². The van der Waals surface area contributed by atoms with Gasteiger partial charge in [0.05, 0.1) is 42.7 Å². The van der Waals surface area contributed by atoms with Crippen LogP contribution in [0.4, 0.5) is 0 Å². The van der Waals surface area contributed by atoms with Crippen LogP contribution in [0.1, 0.15) is 48.5 Å². The summed E-state index contributed by atoms with van der Waals surface area (Å²) in [7, 11) is 6.39. The maximum absolute atomic E-state index is 10.0. The normalized spacial score (nSPS) is 16.8. The standard InChI is InChI=1S/C22H36N6O/c1-5-25(2)12-13-26(3)17-28-16-24-19(21(28)15-29)14-27(4)20-10-6-8-18-9-7-11-23-22(18)20/h7,9,11,16,20,29H,5-6,8,10,12-15,17H2,1-4H3/t20-/m0/s1. The van der Waals surface area contributed by atoms with Gasteiger partial charge in [-0.25, -0.2) is 4.98 Å². The van der Waals surface area contributed by atoms with Gasteiger partial charge in [-0.1, -0.05) is 13.0 Å². The third kappa shape index (κ3) is 5.42. The van der Waals surface area contributed by atoms with Crippen LogP contribution >= 0.6 is 0 Å². The number of rotatable bonds is 10. The summed E-state index contributed by atoms with van der Waals surface area (Å²) < 4.78 is 2.07. The number of aliphatic hydroxyl groups is 1. The van der Waals surface area contributed by atoms with Gasteiger partial charge in [-0.2, -0.15) is 0 Å². The molecule has 2 aromatic rings. The third-order valence-electron chi connectivity index (χ3n) is 6.08. The molecule has 0 unspecified atom stereocenters. The van der Waals surface area contributed by atoms with Crippen LogP contribution in [0.2, 0.25) is 0 Å². The van der Waals surface area contributed by atoms with E-state index in [1.54, 1.807) is 0 Å². The first kappa shape index (κ1) is 21.9. The first-order valence-electron chi connectivity index (χ1n) is 10.7. The van der Waals surface area contributed by atoms with Gasteiger partial charge in [0.1, 0.15) is 0 Å². The van der Waals surface area contributed by atoms with Gasteiger partial charge in [-0.05, 0) is 58.6 Å². The summed E-state index contributed by atoms with van der Waals surface area (Å²) in [5.41, 5.74) is 4.43. The van der Waals surface area contributed by atoms with E-state index >= 15 is 0 Å². The molecule has 0 saturated heterocycles. The van der Waals surface area contributed by atoms with E-state index in [-0.39, 0.29) is 6.61 Å². The Labute approximate surface area is 175 Å². The van der Waals surface area contributed by atoms with Gasteiger partial charge in [0, 0.05) is 25.8 Å². The fourth-order valence-corrected chi connectivity index (χ4v) is 4.08. The molecule has 1 aliphatic rings. The van der Waals surface area contributed by atoms with Crippen LogP contribution in [0.25, 0.3) is 0 Å². The molecule has 0 amide bonds. The Morgan fingerprint density at radius 2 is 1.97 bits per heavy atom. The fraction of sp³-hybridized carbons (Fsp3) is 0.636. The quantitative estimate of drug-likeness (QED) is 0.659. The van der Waals surface area contributed by atoms with Gasteiger partial charge in [-0.3, -0.25) is 14.8 Å². The Balaban J connectivity index is 1.66. The van der Waals surface area contributed by atoms with Gasteiger partial charge in [0.25, 0.3) is 0 Å². The van der Waals surface area contributed by atoms with Crippen molar-refractivity contribution in [3.8, 4) is 0 Å². The van der Waals surface area contributed by atoms with E-state index in [9.17, 15) is 5.11 Å². The molecule has 0 aliphatic heterocycles. The minimum absolute atomic E-state index is 0.00534. The highest BCUT2D eigenvalue weighted by atomic mass is 16.3. The van der Waals surface area contributed by atoms with Gasteiger partial charge in [0.2, 0.25) is 0 Å². The van der Waals surface area contributed by atoms with E-state index in [0.29, 0.717) is 12.6 Å². The monoisotopic (exact) mass is 400 g/mol. The molecule has 0 spiro atoms. The summed E-state index contributed by atoms with van der Waals surface area (Å²) in [4.78, 5) is 16.2. The van der Waals surface area contributed by atoms with Crippen LogP contribution in [0.3, 0.4) is 0 Å². The van der Waals surface area contributed by atoms with E-state index in [2.05, 4.69) is 63.4 Å². The molecule has 160 valence electrons. The van der Waals surface area contributed by atoms with Crippen LogP contribution in [-0.2, 0) is 26.2 Å². The molecule has 29 heavy (non-hydrogen) atoms. The number of imidazole rings is 1. The zero-order valence-electron chi connectivity index (χ0n) is 18.4. The molecule has 2 aromatic heterocycles. The van der Waals surface area contributed by atoms with Crippen LogP contribution in [0.15, 0.2) is 24.7 Å². The van der Waals surface area contributed by atoms with E-state index in [4.69, 9.17) is 0 Å². The number of aromatic nitrogens is 3. The van der Waals surface area contributed by atoms with Crippen molar-refractivity contribution in [1.29, 1.82) is 0 Å². The second kappa shape index (κ2) is 10.3. The van der Waals surface area contributed by atoms with Crippen molar-refractivity contribution in [3.63, 3.8) is 0 Å². The first-order chi connectivity index (χ1) is 14.0. The predicted octanol–water partition coefficient (Wildman–Crippen LogP) is 2.12. The van der Waals surface area contributed by atoms with Crippen molar-refractivity contribution in [3.05, 3.63) is 47.3 Å². The highest BCUT2D eigenvalue weighted by Gasteiger charge is 2.26. The lowest BCUT2D eigenvalue weighted by Crippen LogP contribution is -2.32. The summed E-state index contributed by atoms with van der Waals surface area (Å²) in [6.45, 7) is 6.68. The molecule has 0 bridgehead atoms. The molecule has 0 saturated carbocycles. The molecule has 7 nitrogen and oxygen atoms in total. The van der Waals surface area contributed by atoms with Gasteiger partial charge in [0.15, 0.2) is 0 Å². The van der Waals surface area contributed by atoms with Crippen molar-refractivity contribution in [2.45, 2.75) is 52.0 Å². The minimum atomic E-state index is 0.00534. The lowest BCUT2D eigenvalue weighted by atomic mass is 9.91.